The van der Waals surface area contributed by atoms with Crippen molar-refractivity contribution in [3.05, 3.63) is 59.2 Å². The first-order valence-corrected chi connectivity index (χ1v) is 9.43. The molecular formula is C22H27NO4. The van der Waals surface area contributed by atoms with Crippen LogP contribution in [0.1, 0.15) is 30.5 Å². The Hall–Kier alpha value is -2.53. The number of carbonyl (C=O) groups is 1. The first kappa shape index (κ1) is 19.2. The first-order chi connectivity index (χ1) is 13.2. The number of rotatable bonds is 7. The Balaban J connectivity index is 1.85. The van der Waals surface area contributed by atoms with Crippen LogP contribution in [0.15, 0.2) is 42.5 Å². The molecule has 144 valence electrons. The lowest BCUT2D eigenvalue weighted by Gasteiger charge is -2.35. The number of ether oxygens (including phenoxy) is 3. The van der Waals surface area contributed by atoms with Gasteiger partial charge in [-0.1, -0.05) is 30.3 Å². The Morgan fingerprint density at radius 2 is 1.85 bits per heavy atom. The number of esters is 1. The molecule has 2 aromatic carbocycles. The number of nitrogens with zero attached hydrogens (tertiary/aromatic N) is 1. The summed E-state index contributed by atoms with van der Waals surface area (Å²) in [6.45, 7) is 6.12. The van der Waals surface area contributed by atoms with Crippen LogP contribution in [0.5, 0.6) is 11.5 Å². The lowest BCUT2D eigenvalue weighted by Crippen LogP contribution is -2.45. The maximum atomic E-state index is 12.6. The smallest absolute Gasteiger partial charge is 0.323 e. The summed E-state index contributed by atoms with van der Waals surface area (Å²) in [5, 5.41) is 0. The van der Waals surface area contributed by atoms with Crippen molar-refractivity contribution in [2.45, 2.75) is 39.4 Å². The third-order valence-electron chi connectivity index (χ3n) is 4.82. The molecule has 0 aliphatic carbocycles. The van der Waals surface area contributed by atoms with E-state index >= 15 is 0 Å². The van der Waals surface area contributed by atoms with Crippen molar-refractivity contribution in [1.29, 1.82) is 0 Å². The zero-order chi connectivity index (χ0) is 19.2. The van der Waals surface area contributed by atoms with E-state index in [1.54, 1.807) is 7.11 Å². The van der Waals surface area contributed by atoms with E-state index in [9.17, 15) is 4.79 Å². The van der Waals surface area contributed by atoms with Gasteiger partial charge in [-0.05, 0) is 49.1 Å². The zero-order valence-electron chi connectivity index (χ0n) is 16.2. The van der Waals surface area contributed by atoms with Crippen LogP contribution in [-0.2, 0) is 29.0 Å². The predicted molar refractivity (Wildman–Crippen MR) is 104 cm³/mol. The van der Waals surface area contributed by atoms with Gasteiger partial charge in [-0.15, -0.1) is 0 Å². The standard InChI is InChI=1S/C22H27NO4/c1-4-26-20-11-10-16(12-21(20)25-3)14-23-15-18-9-7-6-8-17(18)13-19(23)22(24)27-5-2/h6-12,19H,4-5,13-15H2,1-3H3. The molecule has 0 saturated carbocycles. The van der Waals surface area contributed by atoms with E-state index in [1.165, 1.54) is 11.1 Å². The molecule has 0 bridgehead atoms. The molecule has 3 rings (SSSR count). The van der Waals surface area contributed by atoms with E-state index in [4.69, 9.17) is 14.2 Å². The van der Waals surface area contributed by atoms with Gasteiger partial charge in [-0.3, -0.25) is 9.69 Å². The lowest BCUT2D eigenvalue weighted by molar-refractivity contribution is -0.150. The molecule has 1 aliphatic heterocycles. The lowest BCUT2D eigenvalue weighted by atomic mass is 9.93. The van der Waals surface area contributed by atoms with Gasteiger partial charge in [0.1, 0.15) is 6.04 Å². The van der Waals surface area contributed by atoms with Crippen LogP contribution in [0.4, 0.5) is 0 Å². The van der Waals surface area contributed by atoms with Gasteiger partial charge in [0, 0.05) is 13.1 Å². The van der Waals surface area contributed by atoms with Crippen LogP contribution in [0.2, 0.25) is 0 Å². The van der Waals surface area contributed by atoms with E-state index in [1.807, 2.05) is 44.2 Å². The van der Waals surface area contributed by atoms with Crippen molar-refractivity contribution in [3.63, 3.8) is 0 Å². The fourth-order valence-corrected chi connectivity index (χ4v) is 3.53. The predicted octanol–water partition coefficient (Wildman–Crippen LogP) is 3.58. The van der Waals surface area contributed by atoms with Crippen LogP contribution in [0.3, 0.4) is 0 Å². The molecule has 2 aromatic rings. The number of fused-ring (bicyclic) bond motifs is 1. The molecule has 0 radical (unpaired) electrons. The van der Waals surface area contributed by atoms with Crippen molar-refractivity contribution in [3.8, 4) is 11.5 Å². The van der Waals surface area contributed by atoms with Crippen molar-refractivity contribution in [2.75, 3.05) is 20.3 Å². The molecule has 0 amide bonds. The van der Waals surface area contributed by atoms with E-state index in [-0.39, 0.29) is 12.0 Å². The molecule has 1 aliphatic rings. The molecule has 0 spiro atoms. The summed E-state index contributed by atoms with van der Waals surface area (Å²) >= 11 is 0. The topological polar surface area (TPSA) is 48.0 Å². The molecule has 0 fully saturated rings. The largest absolute Gasteiger partial charge is 0.493 e. The average Bonchev–Trinajstić information content (AvgIpc) is 2.69. The van der Waals surface area contributed by atoms with Gasteiger partial charge < -0.3 is 14.2 Å². The van der Waals surface area contributed by atoms with Crippen molar-refractivity contribution < 1.29 is 19.0 Å². The highest BCUT2D eigenvalue weighted by molar-refractivity contribution is 5.76. The van der Waals surface area contributed by atoms with Gasteiger partial charge in [-0.2, -0.15) is 0 Å². The van der Waals surface area contributed by atoms with Crippen molar-refractivity contribution >= 4 is 5.97 Å². The van der Waals surface area contributed by atoms with Gasteiger partial charge in [0.15, 0.2) is 11.5 Å². The maximum absolute atomic E-state index is 12.6. The minimum Gasteiger partial charge on any atom is -0.493 e. The van der Waals surface area contributed by atoms with E-state index in [2.05, 4.69) is 17.0 Å². The van der Waals surface area contributed by atoms with Crippen molar-refractivity contribution in [1.82, 2.24) is 4.90 Å². The fraction of sp³-hybridized carbons (Fsp3) is 0.409. The third-order valence-corrected chi connectivity index (χ3v) is 4.82. The Labute approximate surface area is 160 Å². The molecule has 5 heteroatoms. The Bertz CT molecular complexity index is 790. The van der Waals surface area contributed by atoms with Crippen LogP contribution in [0, 0.1) is 0 Å². The van der Waals surface area contributed by atoms with Gasteiger partial charge >= 0.3 is 5.97 Å². The number of carbonyl (C=O) groups excluding carboxylic acids is 1. The minimum atomic E-state index is -0.280. The molecule has 0 saturated heterocycles. The van der Waals surface area contributed by atoms with Crippen LogP contribution in [0.25, 0.3) is 0 Å². The molecular weight excluding hydrogens is 342 g/mol. The highest BCUT2D eigenvalue weighted by Crippen LogP contribution is 2.31. The monoisotopic (exact) mass is 369 g/mol. The zero-order valence-corrected chi connectivity index (χ0v) is 16.2. The second-order valence-electron chi connectivity index (χ2n) is 6.56. The molecule has 0 aromatic heterocycles. The Morgan fingerprint density at radius 1 is 1.07 bits per heavy atom. The number of benzene rings is 2. The molecule has 1 atom stereocenters. The highest BCUT2D eigenvalue weighted by atomic mass is 16.5. The van der Waals surface area contributed by atoms with Crippen LogP contribution >= 0.6 is 0 Å². The van der Waals surface area contributed by atoms with Crippen LogP contribution < -0.4 is 9.47 Å². The third kappa shape index (κ3) is 4.42. The molecule has 1 heterocycles. The quantitative estimate of drug-likeness (QED) is 0.698. The van der Waals surface area contributed by atoms with Gasteiger partial charge in [0.05, 0.1) is 20.3 Å². The Kier molecular flexibility index (Phi) is 6.35. The van der Waals surface area contributed by atoms with Gasteiger partial charge in [-0.25, -0.2) is 0 Å². The Morgan fingerprint density at radius 3 is 2.56 bits per heavy atom. The van der Waals surface area contributed by atoms with Crippen LogP contribution in [-0.4, -0.2) is 37.2 Å². The minimum absolute atomic E-state index is 0.162. The fourth-order valence-electron chi connectivity index (χ4n) is 3.53. The summed E-state index contributed by atoms with van der Waals surface area (Å²) < 4.78 is 16.4. The molecule has 5 nitrogen and oxygen atoms in total. The second kappa shape index (κ2) is 8.91. The molecule has 1 unspecified atom stereocenters. The van der Waals surface area contributed by atoms with Gasteiger partial charge in [0.25, 0.3) is 0 Å². The number of hydrogen-bond acceptors (Lipinski definition) is 5. The maximum Gasteiger partial charge on any atom is 0.323 e. The summed E-state index contributed by atoms with van der Waals surface area (Å²) in [5.41, 5.74) is 3.55. The second-order valence-corrected chi connectivity index (χ2v) is 6.56. The van der Waals surface area contributed by atoms with E-state index < -0.39 is 0 Å². The number of methoxy groups -OCH3 is 1. The normalized spacial score (nSPS) is 16.5. The van der Waals surface area contributed by atoms with E-state index in [0.29, 0.717) is 31.9 Å². The number of hydrogen-bond donors (Lipinski definition) is 0. The molecule has 0 N–H and O–H groups in total. The molecule has 27 heavy (non-hydrogen) atoms. The van der Waals surface area contributed by atoms with Crippen molar-refractivity contribution in [2.24, 2.45) is 0 Å². The summed E-state index contributed by atoms with van der Waals surface area (Å²) in [4.78, 5) is 14.7. The first-order valence-electron chi connectivity index (χ1n) is 9.43. The van der Waals surface area contributed by atoms with E-state index in [0.717, 1.165) is 17.9 Å². The summed E-state index contributed by atoms with van der Waals surface area (Å²) in [6, 6.07) is 13.9. The highest BCUT2D eigenvalue weighted by Gasteiger charge is 2.32. The summed E-state index contributed by atoms with van der Waals surface area (Å²) in [6.07, 6.45) is 0.670. The average molecular weight is 369 g/mol. The summed E-state index contributed by atoms with van der Waals surface area (Å²) in [7, 11) is 1.64. The SMILES string of the molecule is CCOC(=O)C1Cc2ccccc2CN1Cc1ccc(OCC)c(OC)c1. The van der Waals surface area contributed by atoms with Gasteiger partial charge in [0.2, 0.25) is 0 Å². The summed E-state index contributed by atoms with van der Waals surface area (Å²) in [5.74, 6) is 1.28.